The molecule has 1 atom stereocenters. The van der Waals surface area contributed by atoms with Crippen LogP contribution in [-0.4, -0.2) is 25.7 Å². The summed E-state index contributed by atoms with van der Waals surface area (Å²) in [5, 5.41) is 3.35. The number of hydrogen-bond donors (Lipinski definition) is 1. The van der Waals surface area contributed by atoms with Crippen molar-refractivity contribution < 1.29 is 13.9 Å². The van der Waals surface area contributed by atoms with Gasteiger partial charge in [0.2, 0.25) is 0 Å². The third-order valence-electron chi connectivity index (χ3n) is 3.47. The summed E-state index contributed by atoms with van der Waals surface area (Å²) >= 11 is 0. The number of methoxy groups -OCH3 is 1. The number of hydrogen-bond acceptors (Lipinski definition) is 3. The Morgan fingerprint density at radius 3 is 2.61 bits per heavy atom. The lowest BCUT2D eigenvalue weighted by Crippen LogP contribution is -2.39. The van der Waals surface area contributed by atoms with Gasteiger partial charge >= 0.3 is 5.97 Å². The van der Waals surface area contributed by atoms with Crippen LogP contribution >= 0.6 is 0 Å². The number of halogens is 1. The first-order chi connectivity index (χ1) is 8.70. The number of carbonyl (C=O) groups is 1. The average Bonchev–Trinajstić information content (AvgIpc) is 2.33. The highest BCUT2D eigenvalue weighted by molar-refractivity contribution is 5.78. The summed E-state index contributed by atoms with van der Waals surface area (Å²) in [6.07, 6.45) is 3.58. The molecule has 98 valence electrons. The normalized spacial score (nSPS) is 17.0. The first-order valence-electron chi connectivity index (χ1n) is 6.27. The fraction of sp³-hybridized carbons (Fsp3) is 0.500. The topological polar surface area (TPSA) is 38.3 Å². The van der Waals surface area contributed by atoms with E-state index in [-0.39, 0.29) is 17.7 Å². The van der Waals surface area contributed by atoms with E-state index in [9.17, 15) is 9.18 Å². The van der Waals surface area contributed by atoms with Crippen LogP contribution in [-0.2, 0) is 9.53 Å². The summed E-state index contributed by atoms with van der Waals surface area (Å²) in [7, 11) is 1.38. The van der Waals surface area contributed by atoms with Crippen molar-refractivity contribution in [1.82, 2.24) is 5.32 Å². The van der Waals surface area contributed by atoms with Gasteiger partial charge in [-0.1, -0.05) is 18.6 Å². The van der Waals surface area contributed by atoms with Crippen LogP contribution in [0.3, 0.4) is 0 Å². The molecule has 1 unspecified atom stereocenters. The number of rotatable bonds is 5. The predicted molar refractivity (Wildman–Crippen MR) is 66.8 cm³/mol. The molecular formula is C14H18FNO2. The minimum absolute atomic E-state index is 0.284. The van der Waals surface area contributed by atoms with E-state index in [1.54, 1.807) is 12.1 Å². The minimum atomic E-state index is -0.365. The lowest BCUT2D eigenvalue weighted by molar-refractivity contribution is -0.142. The monoisotopic (exact) mass is 251 g/mol. The number of carbonyl (C=O) groups excluding carboxylic acids is 1. The van der Waals surface area contributed by atoms with E-state index in [0.29, 0.717) is 12.6 Å². The second kappa shape index (κ2) is 5.96. The maximum Gasteiger partial charge on any atom is 0.314 e. The lowest BCUT2D eigenvalue weighted by Gasteiger charge is -2.28. The van der Waals surface area contributed by atoms with Crippen LogP contribution in [0.5, 0.6) is 0 Å². The Labute approximate surface area is 106 Å². The van der Waals surface area contributed by atoms with Crippen LogP contribution in [0.15, 0.2) is 24.3 Å². The summed E-state index contributed by atoms with van der Waals surface area (Å²) in [6, 6.07) is 6.53. The lowest BCUT2D eigenvalue weighted by atomic mass is 9.91. The van der Waals surface area contributed by atoms with E-state index in [0.717, 1.165) is 18.4 Å². The average molecular weight is 251 g/mol. The highest BCUT2D eigenvalue weighted by atomic mass is 19.1. The Kier molecular flexibility index (Phi) is 4.31. The number of benzene rings is 1. The molecule has 4 heteroatoms. The van der Waals surface area contributed by atoms with Gasteiger partial charge in [0.15, 0.2) is 0 Å². The summed E-state index contributed by atoms with van der Waals surface area (Å²) in [6.45, 7) is 0.545. The highest BCUT2D eigenvalue weighted by Crippen LogP contribution is 2.21. The Bertz CT molecular complexity index is 401. The maximum atomic E-state index is 12.9. The molecule has 1 fully saturated rings. The van der Waals surface area contributed by atoms with Crippen LogP contribution in [0, 0.1) is 5.82 Å². The molecule has 18 heavy (non-hydrogen) atoms. The van der Waals surface area contributed by atoms with Crippen molar-refractivity contribution in [3.05, 3.63) is 35.6 Å². The first kappa shape index (κ1) is 13.0. The molecule has 3 nitrogen and oxygen atoms in total. The summed E-state index contributed by atoms with van der Waals surface area (Å²) in [4.78, 5) is 11.8. The zero-order valence-electron chi connectivity index (χ0n) is 10.5. The fourth-order valence-electron chi connectivity index (χ4n) is 2.07. The number of nitrogens with one attached hydrogen (secondary N) is 1. The van der Waals surface area contributed by atoms with Crippen molar-refractivity contribution >= 4 is 5.97 Å². The second-order valence-corrected chi connectivity index (χ2v) is 4.66. The van der Waals surface area contributed by atoms with E-state index in [1.807, 2.05) is 0 Å². The number of ether oxygens (including phenoxy) is 1. The van der Waals surface area contributed by atoms with Crippen LogP contribution < -0.4 is 5.32 Å². The minimum Gasteiger partial charge on any atom is -0.469 e. The molecule has 1 aliphatic carbocycles. The molecule has 1 N–H and O–H groups in total. The molecule has 0 aromatic heterocycles. The Balaban J connectivity index is 2.03. The Hall–Kier alpha value is -1.42. The zero-order valence-corrected chi connectivity index (χ0v) is 10.5. The van der Waals surface area contributed by atoms with Crippen molar-refractivity contribution in [2.24, 2.45) is 0 Å². The maximum absolute atomic E-state index is 12.9. The third kappa shape index (κ3) is 3.07. The molecule has 0 spiro atoms. The van der Waals surface area contributed by atoms with Crippen LogP contribution in [0.2, 0.25) is 0 Å². The van der Waals surface area contributed by atoms with Crippen molar-refractivity contribution in [3.8, 4) is 0 Å². The van der Waals surface area contributed by atoms with Gasteiger partial charge in [0.25, 0.3) is 0 Å². The first-order valence-corrected chi connectivity index (χ1v) is 6.27. The SMILES string of the molecule is COC(=O)C(CNC1CCC1)c1ccc(F)cc1. The van der Waals surface area contributed by atoms with Crippen molar-refractivity contribution in [2.45, 2.75) is 31.2 Å². The summed E-state index contributed by atoms with van der Waals surface area (Å²) in [5.74, 6) is -0.945. The van der Waals surface area contributed by atoms with Crippen LogP contribution in [0.1, 0.15) is 30.7 Å². The van der Waals surface area contributed by atoms with Crippen molar-refractivity contribution in [1.29, 1.82) is 0 Å². The Morgan fingerprint density at radius 1 is 1.44 bits per heavy atom. The summed E-state index contributed by atoms with van der Waals surface area (Å²) in [5.41, 5.74) is 0.787. The second-order valence-electron chi connectivity index (χ2n) is 4.66. The van der Waals surface area contributed by atoms with E-state index >= 15 is 0 Å². The highest BCUT2D eigenvalue weighted by Gasteiger charge is 2.24. The third-order valence-corrected chi connectivity index (χ3v) is 3.47. The molecule has 0 bridgehead atoms. The summed E-state index contributed by atoms with van der Waals surface area (Å²) < 4.78 is 17.7. The molecule has 1 aromatic carbocycles. The van der Waals surface area contributed by atoms with Gasteiger partial charge in [0.1, 0.15) is 5.82 Å². The van der Waals surface area contributed by atoms with E-state index in [1.165, 1.54) is 25.7 Å². The molecule has 1 saturated carbocycles. The van der Waals surface area contributed by atoms with Gasteiger partial charge in [-0.2, -0.15) is 0 Å². The van der Waals surface area contributed by atoms with Gasteiger partial charge in [-0.05, 0) is 30.5 Å². The fourth-order valence-corrected chi connectivity index (χ4v) is 2.07. The molecule has 0 heterocycles. The van der Waals surface area contributed by atoms with Gasteiger partial charge < -0.3 is 10.1 Å². The largest absolute Gasteiger partial charge is 0.469 e. The quantitative estimate of drug-likeness (QED) is 0.815. The van der Waals surface area contributed by atoms with Crippen molar-refractivity contribution in [3.63, 3.8) is 0 Å². The van der Waals surface area contributed by atoms with Gasteiger partial charge in [-0.15, -0.1) is 0 Å². The molecule has 2 rings (SSSR count). The molecule has 1 aromatic rings. The molecule has 0 amide bonds. The molecule has 0 radical (unpaired) electrons. The molecule has 0 aliphatic heterocycles. The molecule has 1 aliphatic rings. The smallest absolute Gasteiger partial charge is 0.314 e. The van der Waals surface area contributed by atoms with Crippen LogP contribution in [0.25, 0.3) is 0 Å². The van der Waals surface area contributed by atoms with E-state index < -0.39 is 0 Å². The van der Waals surface area contributed by atoms with Gasteiger partial charge in [0, 0.05) is 12.6 Å². The van der Waals surface area contributed by atoms with Crippen LogP contribution in [0.4, 0.5) is 4.39 Å². The Morgan fingerprint density at radius 2 is 2.11 bits per heavy atom. The standard InChI is InChI=1S/C14H18FNO2/c1-18-14(17)13(9-16-12-3-2-4-12)10-5-7-11(15)8-6-10/h5-8,12-13,16H,2-4,9H2,1H3. The molecule has 0 saturated heterocycles. The zero-order chi connectivity index (χ0) is 13.0. The van der Waals surface area contributed by atoms with Gasteiger partial charge in [-0.25, -0.2) is 4.39 Å². The predicted octanol–water partition coefficient (Wildman–Crippen LogP) is 2.22. The number of esters is 1. The van der Waals surface area contributed by atoms with E-state index in [4.69, 9.17) is 4.74 Å². The van der Waals surface area contributed by atoms with E-state index in [2.05, 4.69) is 5.32 Å². The van der Waals surface area contributed by atoms with Crippen molar-refractivity contribution in [2.75, 3.05) is 13.7 Å². The molecular weight excluding hydrogens is 233 g/mol. The van der Waals surface area contributed by atoms with Gasteiger partial charge in [-0.3, -0.25) is 4.79 Å². The van der Waals surface area contributed by atoms with Gasteiger partial charge in [0.05, 0.1) is 13.0 Å².